The summed E-state index contributed by atoms with van der Waals surface area (Å²) in [5.74, 6) is -0.509. The van der Waals surface area contributed by atoms with E-state index in [0.717, 1.165) is 0 Å². The summed E-state index contributed by atoms with van der Waals surface area (Å²) >= 11 is 6.05. The van der Waals surface area contributed by atoms with Gasteiger partial charge >= 0.3 is 5.97 Å². The van der Waals surface area contributed by atoms with Gasteiger partial charge in [-0.25, -0.2) is 9.48 Å². The third kappa shape index (κ3) is 3.94. The molecule has 0 fully saturated rings. The van der Waals surface area contributed by atoms with E-state index in [1.54, 1.807) is 35.9 Å². The van der Waals surface area contributed by atoms with Gasteiger partial charge in [-0.2, -0.15) is 5.10 Å². The summed E-state index contributed by atoms with van der Waals surface area (Å²) in [6.45, 7) is 7.72. The molecular formula is C17H20ClN3O3. The number of carbonyl (C=O) groups is 2. The first-order chi connectivity index (χ1) is 11.2. The molecule has 24 heavy (non-hydrogen) atoms. The molecule has 1 aromatic carbocycles. The van der Waals surface area contributed by atoms with E-state index in [0.29, 0.717) is 16.4 Å². The lowest BCUT2D eigenvalue weighted by Crippen LogP contribution is -2.27. The lowest BCUT2D eigenvalue weighted by Gasteiger charge is -2.22. The molecule has 0 spiro atoms. The Bertz CT molecular complexity index is 763. The van der Waals surface area contributed by atoms with Crippen LogP contribution in [0, 0.1) is 0 Å². The lowest BCUT2D eigenvalue weighted by molar-refractivity contribution is 0.0517. The van der Waals surface area contributed by atoms with Gasteiger partial charge in [0.2, 0.25) is 0 Å². The van der Waals surface area contributed by atoms with Crippen LogP contribution >= 0.6 is 11.6 Å². The van der Waals surface area contributed by atoms with Crippen LogP contribution in [0.3, 0.4) is 0 Å². The van der Waals surface area contributed by atoms with Gasteiger partial charge in [0.05, 0.1) is 22.7 Å². The Morgan fingerprint density at radius 3 is 2.54 bits per heavy atom. The first-order valence-electron chi connectivity index (χ1n) is 7.57. The van der Waals surface area contributed by atoms with Crippen molar-refractivity contribution in [2.24, 2.45) is 0 Å². The Morgan fingerprint density at radius 2 is 1.96 bits per heavy atom. The summed E-state index contributed by atoms with van der Waals surface area (Å²) in [7, 11) is 0. The maximum atomic E-state index is 12.5. The number of nitrogens with one attached hydrogen (secondary N) is 1. The summed E-state index contributed by atoms with van der Waals surface area (Å²) in [6, 6.07) is 8.24. The van der Waals surface area contributed by atoms with Crippen LogP contribution in [0.25, 0.3) is 0 Å². The molecule has 128 valence electrons. The Morgan fingerprint density at radius 1 is 1.29 bits per heavy atom. The predicted molar refractivity (Wildman–Crippen MR) is 92.6 cm³/mol. The SMILES string of the molecule is CCOC(=O)c1cc(NC(=O)c2ccccc2Cl)n(C(C)(C)C)n1. The fourth-order valence-corrected chi connectivity index (χ4v) is 2.34. The molecule has 0 radical (unpaired) electrons. The predicted octanol–water partition coefficient (Wildman–Crippen LogP) is 3.72. The molecule has 0 saturated carbocycles. The van der Waals surface area contributed by atoms with Crippen LogP contribution in [0.1, 0.15) is 48.5 Å². The monoisotopic (exact) mass is 349 g/mol. The van der Waals surface area contributed by atoms with E-state index >= 15 is 0 Å². The normalized spacial score (nSPS) is 11.2. The van der Waals surface area contributed by atoms with Crippen molar-refractivity contribution in [3.63, 3.8) is 0 Å². The topological polar surface area (TPSA) is 73.2 Å². The summed E-state index contributed by atoms with van der Waals surface area (Å²) in [5, 5.41) is 7.37. The fourth-order valence-electron chi connectivity index (χ4n) is 2.12. The second kappa shape index (κ2) is 7.05. The standard InChI is InChI=1S/C17H20ClN3O3/c1-5-24-16(23)13-10-14(21(20-13)17(2,3)4)19-15(22)11-8-6-7-9-12(11)18/h6-10H,5H2,1-4H3,(H,19,22). The largest absolute Gasteiger partial charge is 0.461 e. The summed E-state index contributed by atoms with van der Waals surface area (Å²) in [6.07, 6.45) is 0. The Hall–Kier alpha value is -2.34. The number of amides is 1. The van der Waals surface area contributed by atoms with Gasteiger partial charge in [-0.1, -0.05) is 23.7 Å². The number of hydrogen-bond donors (Lipinski definition) is 1. The highest BCUT2D eigenvalue weighted by atomic mass is 35.5. The first kappa shape index (κ1) is 18.0. The zero-order chi connectivity index (χ0) is 17.9. The molecule has 1 amide bonds. The van der Waals surface area contributed by atoms with Gasteiger partial charge in [-0.05, 0) is 39.8 Å². The maximum absolute atomic E-state index is 12.5. The van der Waals surface area contributed by atoms with Crippen molar-refractivity contribution >= 4 is 29.3 Å². The van der Waals surface area contributed by atoms with Crippen LogP contribution in [-0.2, 0) is 10.3 Å². The summed E-state index contributed by atoms with van der Waals surface area (Å²) < 4.78 is 6.55. The average Bonchev–Trinajstić information content (AvgIpc) is 2.92. The van der Waals surface area contributed by atoms with E-state index in [1.165, 1.54) is 6.07 Å². The van der Waals surface area contributed by atoms with Crippen molar-refractivity contribution in [2.75, 3.05) is 11.9 Å². The van der Waals surface area contributed by atoms with E-state index in [1.807, 2.05) is 20.8 Å². The molecule has 0 aliphatic heterocycles. The third-order valence-electron chi connectivity index (χ3n) is 3.19. The van der Waals surface area contributed by atoms with E-state index in [2.05, 4.69) is 10.4 Å². The summed E-state index contributed by atoms with van der Waals surface area (Å²) in [4.78, 5) is 24.4. The highest BCUT2D eigenvalue weighted by Crippen LogP contribution is 2.23. The molecule has 0 bridgehead atoms. The smallest absolute Gasteiger partial charge is 0.358 e. The highest BCUT2D eigenvalue weighted by Gasteiger charge is 2.24. The van der Waals surface area contributed by atoms with Crippen molar-refractivity contribution < 1.29 is 14.3 Å². The highest BCUT2D eigenvalue weighted by molar-refractivity contribution is 6.34. The molecule has 0 unspecified atom stereocenters. The number of nitrogens with zero attached hydrogens (tertiary/aromatic N) is 2. The van der Waals surface area contributed by atoms with Gasteiger partial charge in [0.15, 0.2) is 5.69 Å². The maximum Gasteiger partial charge on any atom is 0.358 e. The number of halogens is 1. The van der Waals surface area contributed by atoms with Crippen molar-refractivity contribution in [3.8, 4) is 0 Å². The molecule has 1 heterocycles. The lowest BCUT2D eigenvalue weighted by atomic mass is 10.1. The molecule has 2 rings (SSSR count). The second-order valence-corrected chi connectivity index (χ2v) is 6.56. The van der Waals surface area contributed by atoms with Crippen molar-refractivity contribution in [2.45, 2.75) is 33.2 Å². The van der Waals surface area contributed by atoms with Crippen LogP contribution in [0.2, 0.25) is 5.02 Å². The minimum atomic E-state index is -0.534. The zero-order valence-electron chi connectivity index (χ0n) is 14.1. The second-order valence-electron chi connectivity index (χ2n) is 6.15. The number of rotatable bonds is 4. The van der Waals surface area contributed by atoms with Crippen molar-refractivity contribution in [1.29, 1.82) is 0 Å². The minimum Gasteiger partial charge on any atom is -0.461 e. The molecular weight excluding hydrogens is 330 g/mol. The molecule has 2 aromatic rings. The third-order valence-corrected chi connectivity index (χ3v) is 3.52. The average molecular weight is 350 g/mol. The fraction of sp³-hybridized carbons (Fsp3) is 0.353. The molecule has 0 saturated heterocycles. The van der Waals surface area contributed by atoms with Crippen molar-refractivity contribution in [3.05, 3.63) is 46.6 Å². The van der Waals surface area contributed by atoms with Crippen LogP contribution in [0.15, 0.2) is 30.3 Å². The van der Waals surface area contributed by atoms with Gasteiger partial charge in [-0.15, -0.1) is 0 Å². The molecule has 0 aliphatic carbocycles. The molecule has 6 nitrogen and oxygen atoms in total. The number of anilines is 1. The Balaban J connectivity index is 2.36. The van der Waals surface area contributed by atoms with Crippen LogP contribution in [-0.4, -0.2) is 28.3 Å². The molecule has 1 N–H and O–H groups in total. The number of benzene rings is 1. The summed E-state index contributed by atoms with van der Waals surface area (Å²) in [5.41, 5.74) is 0.0492. The molecule has 7 heteroatoms. The van der Waals surface area contributed by atoms with Crippen molar-refractivity contribution in [1.82, 2.24) is 9.78 Å². The first-order valence-corrected chi connectivity index (χ1v) is 7.95. The van der Waals surface area contributed by atoms with Gasteiger partial charge < -0.3 is 10.1 Å². The zero-order valence-corrected chi connectivity index (χ0v) is 14.8. The van der Waals surface area contributed by atoms with Crippen LogP contribution in [0.5, 0.6) is 0 Å². The number of hydrogen-bond acceptors (Lipinski definition) is 4. The Labute approximate surface area is 145 Å². The Kier molecular flexibility index (Phi) is 5.29. The minimum absolute atomic E-state index is 0.140. The van der Waals surface area contributed by atoms with Gasteiger partial charge in [0, 0.05) is 6.07 Å². The quantitative estimate of drug-likeness (QED) is 0.854. The number of aromatic nitrogens is 2. The van der Waals surface area contributed by atoms with E-state index in [9.17, 15) is 9.59 Å². The van der Waals surface area contributed by atoms with E-state index in [-0.39, 0.29) is 18.2 Å². The van der Waals surface area contributed by atoms with E-state index < -0.39 is 11.5 Å². The molecule has 0 atom stereocenters. The van der Waals surface area contributed by atoms with Crippen LogP contribution < -0.4 is 5.32 Å². The van der Waals surface area contributed by atoms with Gasteiger partial charge in [0.1, 0.15) is 5.82 Å². The number of ether oxygens (including phenoxy) is 1. The van der Waals surface area contributed by atoms with Crippen LogP contribution in [0.4, 0.5) is 5.82 Å². The number of esters is 1. The number of carbonyl (C=O) groups excluding carboxylic acids is 2. The molecule has 0 aliphatic rings. The van der Waals surface area contributed by atoms with Gasteiger partial charge in [-0.3, -0.25) is 4.79 Å². The van der Waals surface area contributed by atoms with Gasteiger partial charge in [0.25, 0.3) is 5.91 Å². The molecule has 1 aromatic heterocycles. The van der Waals surface area contributed by atoms with E-state index in [4.69, 9.17) is 16.3 Å².